The number of anilines is 1. The van der Waals surface area contributed by atoms with Crippen molar-refractivity contribution >= 4 is 40.6 Å². The van der Waals surface area contributed by atoms with Crippen molar-refractivity contribution in [2.45, 2.75) is 38.4 Å². The van der Waals surface area contributed by atoms with Gasteiger partial charge >= 0.3 is 6.18 Å². The third kappa shape index (κ3) is 4.47. The molecule has 0 bridgehead atoms. The van der Waals surface area contributed by atoms with Crippen LogP contribution in [0.5, 0.6) is 0 Å². The van der Waals surface area contributed by atoms with Crippen LogP contribution in [0, 0.1) is 6.92 Å². The molecule has 5 rings (SSSR count). The molecule has 3 aromatic heterocycles. The number of nitrogens with one attached hydrogen (secondary N) is 1. The summed E-state index contributed by atoms with van der Waals surface area (Å²) in [6, 6.07) is 9.12. The highest BCUT2D eigenvalue weighted by atomic mass is 35.5. The number of aromatic nitrogens is 5. The van der Waals surface area contributed by atoms with Crippen LogP contribution in [-0.4, -0.2) is 30.3 Å². The van der Waals surface area contributed by atoms with Crippen molar-refractivity contribution in [3.63, 3.8) is 0 Å². The predicted molar refractivity (Wildman–Crippen MR) is 120 cm³/mol. The van der Waals surface area contributed by atoms with Crippen LogP contribution >= 0.6 is 23.2 Å². The summed E-state index contributed by atoms with van der Waals surface area (Å²) in [4.78, 5) is 17.0. The fourth-order valence-electron chi connectivity index (χ4n) is 3.62. The maximum absolute atomic E-state index is 13.6. The van der Waals surface area contributed by atoms with E-state index in [1.807, 2.05) is 13.0 Å². The molecule has 34 heavy (non-hydrogen) atoms. The molecule has 1 saturated carbocycles. The van der Waals surface area contributed by atoms with Gasteiger partial charge in [-0.15, -0.1) is 0 Å². The van der Waals surface area contributed by atoms with Crippen LogP contribution in [0.15, 0.2) is 36.4 Å². The van der Waals surface area contributed by atoms with E-state index in [-0.39, 0.29) is 23.1 Å². The van der Waals surface area contributed by atoms with E-state index in [1.54, 1.807) is 22.9 Å². The number of carbonyl (C=O) groups excluding carboxylic acids is 1. The van der Waals surface area contributed by atoms with Gasteiger partial charge in [0.1, 0.15) is 5.69 Å². The average molecular weight is 509 g/mol. The lowest BCUT2D eigenvalue weighted by atomic mass is 10.2. The third-order valence-corrected chi connectivity index (χ3v) is 6.24. The predicted octanol–water partition coefficient (Wildman–Crippen LogP) is 5.74. The van der Waals surface area contributed by atoms with Crippen LogP contribution in [0.2, 0.25) is 10.0 Å². The molecule has 1 fully saturated rings. The molecule has 3 heterocycles. The van der Waals surface area contributed by atoms with Gasteiger partial charge in [0.2, 0.25) is 0 Å². The van der Waals surface area contributed by atoms with Crippen LogP contribution in [0.4, 0.5) is 19.0 Å². The zero-order chi connectivity index (χ0) is 24.2. The lowest BCUT2D eigenvalue weighted by Gasteiger charge is -2.10. The van der Waals surface area contributed by atoms with Gasteiger partial charge in [-0.1, -0.05) is 29.3 Å². The van der Waals surface area contributed by atoms with Crippen LogP contribution < -0.4 is 5.32 Å². The summed E-state index contributed by atoms with van der Waals surface area (Å²) in [7, 11) is 0. The quantitative estimate of drug-likeness (QED) is 0.373. The first-order chi connectivity index (χ1) is 16.1. The molecule has 0 atom stereocenters. The number of hydrogen-bond acceptors (Lipinski definition) is 4. The zero-order valence-electron chi connectivity index (χ0n) is 17.7. The molecule has 0 unspecified atom stereocenters. The number of amides is 1. The highest BCUT2D eigenvalue weighted by Crippen LogP contribution is 2.41. The first-order valence-corrected chi connectivity index (χ1v) is 11.1. The molecular weight excluding hydrogens is 492 g/mol. The summed E-state index contributed by atoms with van der Waals surface area (Å²) in [6.45, 7) is 2.19. The van der Waals surface area contributed by atoms with Gasteiger partial charge in [0.15, 0.2) is 17.2 Å². The Morgan fingerprint density at radius 2 is 1.88 bits per heavy atom. The summed E-state index contributed by atoms with van der Waals surface area (Å²) in [5, 5.41) is 11.7. The smallest absolute Gasteiger partial charge is 0.304 e. The van der Waals surface area contributed by atoms with Crippen LogP contribution in [-0.2, 0) is 12.7 Å². The molecule has 0 spiro atoms. The van der Waals surface area contributed by atoms with Crippen molar-refractivity contribution < 1.29 is 18.0 Å². The van der Waals surface area contributed by atoms with Crippen LogP contribution in [0.1, 0.15) is 51.9 Å². The van der Waals surface area contributed by atoms with Crippen molar-refractivity contribution in [3.8, 4) is 0 Å². The number of halogens is 5. The Hall–Kier alpha value is -3.11. The van der Waals surface area contributed by atoms with E-state index in [9.17, 15) is 18.0 Å². The number of aryl methyl sites for hydroxylation is 1. The summed E-state index contributed by atoms with van der Waals surface area (Å²) < 4.78 is 43.1. The minimum Gasteiger partial charge on any atom is -0.304 e. The van der Waals surface area contributed by atoms with Gasteiger partial charge in [0.25, 0.3) is 5.91 Å². The second-order valence-corrected chi connectivity index (χ2v) is 8.98. The van der Waals surface area contributed by atoms with Gasteiger partial charge in [-0.3, -0.25) is 9.48 Å². The molecule has 0 radical (unpaired) electrons. The summed E-state index contributed by atoms with van der Waals surface area (Å²) in [5.41, 5.74) is 0.803. The van der Waals surface area contributed by atoms with Crippen molar-refractivity contribution in [1.82, 2.24) is 24.4 Å². The van der Waals surface area contributed by atoms with E-state index >= 15 is 0 Å². The van der Waals surface area contributed by atoms with E-state index in [0.717, 1.165) is 30.2 Å². The normalized spacial score (nSPS) is 14.1. The molecule has 176 valence electrons. The Labute approximate surface area is 201 Å². The summed E-state index contributed by atoms with van der Waals surface area (Å²) in [6.07, 6.45) is -3.04. The summed E-state index contributed by atoms with van der Waals surface area (Å²) in [5.74, 6) is -0.436. The van der Waals surface area contributed by atoms with Crippen molar-refractivity contribution in [2.24, 2.45) is 0 Å². The number of alkyl halides is 3. The van der Waals surface area contributed by atoms with E-state index in [0.29, 0.717) is 26.8 Å². The lowest BCUT2D eigenvalue weighted by Crippen LogP contribution is -2.16. The maximum Gasteiger partial charge on any atom is 0.433 e. The van der Waals surface area contributed by atoms with Gasteiger partial charge in [-0.05, 0) is 43.5 Å². The first-order valence-electron chi connectivity index (χ1n) is 10.4. The van der Waals surface area contributed by atoms with Crippen LogP contribution in [0.25, 0.3) is 5.65 Å². The Balaban J connectivity index is 1.39. The Bertz CT molecular complexity index is 1420. The monoisotopic (exact) mass is 508 g/mol. The molecule has 12 heteroatoms. The third-order valence-electron chi connectivity index (χ3n) is 5.50. The Morgan fingerprint density at radius 3 is 2.56 bits per heavy atom. The Kier molecular flexibility index (Phi) is 5.52. The van der Waals surface area contributed by atoms with Crippen molar-refractivity contribution in [1.29, 1.82) is 0 Å². The maximum atomic E-state index is 13.6. The molecule has 1 amide bonds. The SMILES string of the molecule is Cc1cc(NC(=O)c2cc3nc(C4CC4)cc(C(F)(F)F)n3n2)nn1Cc1ccc(Cl)c(Cl)c1. The number of fused-ring (bicyclic) bond motifs is 1. The van der Waals surface area contributed by atoms with E-state index in [2.05, 4.69) is 20.5 Å². The highest BCUT2D eigenvalue weighted by Gasteiger charge is 2.37. The number of nitrogens with zero attached hydrogens (tertiary/aromatic N) is 5. The molecule has 1 aliphatic carbocycles. The van der Waals surface area contributed by atoms with E-state index < -0.39 is 17.8 Å². The second kappa shape index (κ2) is 8.28. The van der Waals surface area contributed by atoms with Gasteiger partial charge < -0.3 is 5.32 Å². The fraction of sp³-hybridized carbons (Fsp3) is 0.273. The number of rotatable bonds is 5. The van der Waals surface area contributed by atoms with E-state index in [1.165, 1.54) is 6.07 Å². The summed E-state index contributed by atoms with van der Waals surface area (Å²) >= 11 is 12.0. The minimum atomic E-state index is -4.63. The first kappa shape index (κ1) is 22.7. The van der Waals surface area contributed by atoms with Crippen LogP contribution in [0.3, 0.4) is 0 Å². The fourth-order valence-corrected chi connectivity index (χ4v) is 3.94. The molecule has 0 aliphatic heterocycles. The molecule has 1 N–H and O–H groups in total. The second-order valence-electron chi connectivity index (χ2n) is 8.17. The molecular formula is C22H17Cl2F3N6O. The number of hydrogen-bond donors (Lipinski definition) is 1. The van der Waals surface area contributed by atoms with E-state index in [4.69, 9.17) is 23.2 Å². The van der Waals surface area contributed by atoms with Crippen molar-refractivity contribution in [2.75, 3.05) is 5.32 Å². The highest BCUT2D eigenvalue weighted by molar-refractivity contribution is 6.42. The number of carbonyl (C=O) groups is 1. The molecule has 0 saturated heterocycles. The van der Waals surface area contributed by atoms with Gasteiger partial charge in [0.05, 0.1) is 16.6 Å². The Morgan fingerprint density at radius 1 is 1.12 bits per heavy atom. The lowest BCUT2D eigenvalue weighted by molar-refractivity contribution is -0.142. The zero-order valence-corrected chi connectivity index (χ0v) is 19.2. The largest absolute Gasteiger partial charge is 0.433 e. The average Bonchev–Trinajstić information content (AvgIpc) is 3.43. The molecule has 7 nitrogen and oxygen atoms in total. The topological polar surface area (TPSA) is 77.1 Å². The molecule has 1 aromatic carbocycles. The van der Waals surface area contributed by atoms with Crippen molar-refractivity contribution in [3.05, 3.63) is 74.8 Å². The molecule has 1 aliphatic rings. The molecule has 4 aromatic rings. The standard InChI is InChI=1S/C22H17Cl2F3N6O/c1-11-6-19(31-32(11)10-12-2-5-14(23)15(24)7-12)29-21(34)17-9-20-28-16(13-3-4-13)8-18(22(25,26)27)33(20)30-17/h2,5-9,13H,3-4,10H2,1H3,(H,29,31,34). The van der Waals surface area contributed by atoms with Gasteiger partial charge in [-0.2, -0.15) is 23.4 Å². The number of benzene rings is 1. The van der Waals surface area contributed by atoms with Gasteiger partial charge in [0, 0.05) is 29.4 Å². The van der Waals surface area contributed by atoms with Gasteiger partial charge in [-0.25, -0.2) is 9.50 Å². The minimum absolute atomic E-state index is 0.0146.